The molecule has 3 aromatic carbocycles. The average Bonchev–Trinajstić information content (AvgIpc) is 3.01. The van der Waals surface area contributed by atoms with E-state index in [0.717, 1.165) is 5.56 Å². The van der Waals surface area contributed by atoms with Crippen molar-refractivity contribution in [2.24, 2.45) is 4.99 Å². The molecule has 0 aliphatic carbocycles. The van der Waals surface area contributed by atoms with Crippen LogP contribution in [0.5, 0.6) is 0 Å². The van der Waals surface area contributed by atoms with E-state index in [1.54, 1.807) is 66.7 Å². The highest BCUT2D eigenvalue weighted by molar-refractivity contribution is 6.34. The molecule has 0 saturated carbocycles. The van der Waals surface area contributed by atoms with E-state index in [1.165, 1.54) is 17.0 Å². The van der Waals surface area contributed by atoms with Gasteiger partial charge in [-0.25, -0.2) is 9.38 Å². The molecule has 1 heterocycles. The molecule has 0 aromatic heterocycles. The van der Waals surface area contributed by atoms with E-state index in [0.29, 0.717) is 27.1 Å². The number of benzene rings is 3. The summed E-state index contributed by atoms with van der Waals surface area (Å²) in [6.07, 6.45) is 1.63. The summed E-state index contributed by atoms with van der Waals surface area (Å²) in [5.74, 6) is -0.137. The summed E-state index contributed by atoms with van der Waals surface area (Å²) in [5.41, 5.74) is 2.33. The summed E-state index contributed by atoms with van der Waals surface area (Å²) in [5, 5.41) is 1.16. The molecule has 3 nitrogen and oxygen atoms in total. The summed E-state index contributed by atoms with van der Waals surface area (Å²) in [6, 6.07) is 19.9. The Bertz CT molecular complexity index is 1090. The van der Waals surface area contributed by atoms with Crippen LogP contribution in [0.1, 0.15) is 11.1 Å². The number of rotatable bonds is 3. The number of nitrogens with zero attached hydrogens (tertiary/aromatic N) is 2. The van der Waals surface area contributed by atoms with Crippen LogP contribution in [0.3, 0.4) is 0 Å². The van der Waals surface area contributed by atoms with Crippen molar-refractivity contribution in [3.05, 3.63) is 105 Å². The SMILES string of the molecule is O=C1/C(=C\c2ccc(F)cc2)N=C(c2ccc(Cl)cc2)N1c1ccc(Cl)cc1. The van der Waals surface area contributed by atoms with Gasteiger partial charge < -0.3 is 0 Å². The molecule has 3 aromatic rings. The third kappa shape index (κ3) is 3.70. The van der Waals surface area contributed by atoms with Gasteiger partial charge in [0, 0.05) is 15.6 Å². The molecular weight excluding hydrogens is 398 g/mol. The number of hydrogen-bond acceptors (Lipinski definition) is 2. The molecule has 138 valence electrons. The molecule has 0 atom stereocenters. The quantitative estimate of drug-likeness (QED) is 0.489. The van der Waals surface area contributed by atoms with Gasteiger partial charge in [-0.3, -0.25) is 9.69 Å². The molecule has 1 aliphatic rings. The topological polar surface area (TPSA) is 32.7 Å². The first-order valence-corrected chi connectivity index (χ1v) is 9.19. The Balaban J connectivity index is 1.81. The minimum Gasteiger partial charge on any atom is -0.266 e. The molecule has 6 heteroatoms. The third-order valence-corrected chi connectivity index (χ3v) is 4.72. The van der Waals surface area contributed by atoms with Crippen LogP contribution < -0.4 is 4.90 Å². The fraction of sp³-hybridized carbons (Fsp3) is 0. The summed E-state index contributed by atoms with van der Waals surface area (Å²) in [6.45, 7) is 0. The van der Waals surface area contributed by atoms with Gasteiger partial charge in [0.15, 0.2) is 0 Å². The van der Waals surface area contributed by atoms with Crippen molar-refractivity contribution in [1.82, 2.24) is 0 Å². The van der Waals surface area contributed by atoms with Crippen molar-refractivity contribution < 1.29 is 9.18 Å². The molecule has 0 fully saturated rings. The molecule has 0 unspecified atom stereocenters. The number of anilines is 1. The van der Waals surface area contributed by atoms with Crippen LogP contribution in [-0.4, -0.2) is 11.7 Å². The highest BCUT2D eigenvalue weighted by atomic mass is 35.5. The lowest BCUT2D eigenvalue weighted by molar-refractivity contribution is -0.113. The van der Waals surface area contributed by atoms with Crippen LogP contribution in [-0.2, 0) is 4.79 Å². The standard InChI is InChI=1S/C22H13Cl2FN2O/c23-16-5-3-15(4-6-16)21-26-20(13-14-1-9-18(25)10-2-14)22(28)27(21)19-11-7-17(24)8-12-19/h1-13H/b20-13+. The van der Waals surface area contributed by atoms with Crippen molar-refractivity contribution in [3.8, 4) is 0 Å². The van der Waals surface area contributed by atoms with E-state index < -0.39 is 0 Å². The second kappa shape index (κ2) is 7.58. The van der Waals surface area contributed by atoms with Crippen molar-refractivity contribution in [1.29, 1.82) is 0 Å². The first-order valence-electron chi connectivity index (χ1n) is 8.43. The average molecular weight is 411 g/mol. The highest BCUT2D eigenvalue weighted by Crippen LogP contribution is 2.29. The van der Waals surface area contributed by atoms with E-state index in [1.807, 2.05) is 0 Å². The lowest BCUT2D eigenvalue weighted by Gasteiger charge is -2.18. The van der Waals surface area contributed by atoms with Gasteiger partial charge >= 0.3 is 0 Å². The number of amidine groups is 1. The van der Waals surface area contributed by atoms with E-state index in [9.17, 15) is 9.18 Å². The van der Waals surface area contributed by atoms with Crippen molar-refractivity contribution in [3.63, 3.8) is 0 Å². The predicted molar refractivity (Wildman–Crippen MR) is 111 cm³/mol. The van der Waals surface area contributed by atoms with Crippen molar-refractivity contribution in [2.45, 2.75) is 0 Å². The number of carbonyl (C=O) groups excluding carboxylic acids is 1. The number of amides is 1. The zero-order valence-corrected chi connectivity index (χ0v) is 16.0. The molecule has 0 radical (unpaired) electrons. The van der Waals surface area contributed by atoms with Crippen LogP contribution >= 0.6 is 23.2 Å². The molecule has 0 saturated heterocycles. The Labute approximate surface area is 171 Å². The monoisotopic (exact) mass is 410 g/mol. The maximum Gasteiger partial charge on any atom is 0.282 e. The maximum atomic E-state index is 13.2. The fourth-order valence-corrected chi connectivity index (χ4v) is 3.11. The molecule has 1 aliphatic heterocycles. The minimum atomic E-state index is -0.340. The molecule has 0 spiro atoms. The number of aliphatic imine (C=N–C) groups is 1. The van der Waals surface area contributed by atoms with Crippen LogP contribution in [0.4, 0.5) is 10.1 Å². The molecule has 0 N–H and O–H groups in total. The number of hydrogen-bond donors (Lipinski definition) is 0. The molecule has 0 bridgehead atoms. The summed E-state index contributed by atoms with van der Waals surface area (Å²) >= 11 is 12.0. The van der Waals surface area contributed by atoms with E-state index in [4.69, 9.17) is 23.2 Å². The number of halogens is 3. The first kappa shape index (κ1) is 18.4. The normalized spacial score (nSPS) is 15.2. The second-order valence-corrected chi connectivity index (χ2v) is 7.01. The predicted octanol–water partition coefficient (Wildman–Crippen LogP) is 5.97. The first-order chi connectivity index (χ1) is 13.5. The van der Waals surface area contributed by atoms with Gasteiger partial charge in [-0.1, -0.05) is 35.3 Å². The maximum absolute atomic E-state index is 13.2. The lowest BCUT2D eigenvalue weighted by atomic mass is 10.1. The fourth-order valence-electron chi connectivity index (χ4n) is 2.86. The summed E-state index contributed by atoms with van der Waals surface area (Å²) in [4.78, 5) is 19.2. The Hall–Kier alpha value is -2.95. The van der Waals surface area contributed by atoms with Gasteiger partial charge in [0.05, 0.1) is 5.69 Å². The van der Waals surface area contributed by atoms with Gasteiger partial charge in [0.25, 0.3) is 5.91 Å². The lowest BCUT2D eigenvalue weighted by Crippen LogP contribution is -2.32. The third-order valence-electron chi connectivity index (χ3n) is 4.22. The number of carbonyl (C=O) groups is 1. The highest BCUT2D eigenvalue weighted by Gasteiger charge is 2.32. The Kier molecular flexibility index (Phi) is 4.99. The molecule has 1 amide bonds. The minimum absolute atomic E-state index is 0.256. The van der Waals surface area contributed by atoms with Crippen molar-refractivity contribution in [2.75, 3.05) is 4.90 Å². The summed E-state index contributed by atoms with van der Waals surface area (Å²) < 4.78 is 13.2. The van der Waals surface area contributed by atoms with E-state index in [2.05, 4.69) is 4.99 Å². The van der Waals surface area contributed by atoms with Gasteiger partial charge in [-0.15, -0.1) is 0 Å². The van der Waals surface area contributed by atoms with Gasteiger partial charge in [-0.05, 0) is 72.3 Å². The largest absolute Gasteiger partial charge is 0.282 e. The van der Waals surface area contributed by atoms with Gasteiger partial charge in [0.1, 0.15) is 17.3 Å². The van der Waals surface area contributed by atoms with Gasteiger partial charge in [-0.2, -0.15) is 0 Å². The Morgan fingerprint density at radius 3 is 2.00 bits per heavy atom. The van der Waals surface area contributed by atoms with E-state index >= 15 is 0 Å². The zero-order chi connectivity index (χ0) is 19.7. The second-order valence-electron chi connectivity index (χ2n) is 6.14. The summed E-state index contributed by atoms with van der Waals surface area (Å²) in [7, 11) is 0. The van der Waals surface area contributed by atoms with Crippen LogP contribution in [0, 0.1) is 5.82 Å². The molecular formula is C22H13Cl2FN2O. The Morgan fingerprint density at radius 1 is 0.821 bits per heavy atom. The molecule has 4 rings (SSSR count). The van der Waals surface area contributed by atoms with Gasteiger partial charge in [0.2, 0.25) is 0 Å². The van der Waals surface area contributed by atoms with E-state index in [-0.39, 0.29) is 17.4 Å². The van der Waals surface area contributed by atoms with Crippen molar-refractivity contribution >= 4 is 46.7 Å². The Morgan fingerprint density at radius 2 is 1.39 bits per heavy atom. The zero-order valence-electron chi connectivity index (χ0n) is 14.4. The smallest absolute Gasteiger partial charge is 0.266 e. The van der Waals surface area contributed by atoms with Crippen LogP contribution in [0.2, 0.25) is 10.0 Å². The molecule has 28 heavy (non-hydrogen) atoms. The van der Waals surface area contributed by atoms with Crippen LogP contribution in [0.25, 0.3) is 6.08 Å². The van der Waals surface area contributed by atoms with Crippen LogP contribution in [0.15, 0.2) is 83.5 Å².